The van der Waals surface area contributed by atoms with Crippen LogP contribution in [0.1, 0.15) is 27.2 Å². The van der Waals surface area contributed by atoms with Gasteiger partial charge in [0.2, 0.25) is 0 Å². The molecule has 0 saturated carbocycles. The van der Waals surface area contributed by atoms with Crippen LogP contribution in [0.15, 0.2) is 36.4 Å². The highest BCUT2D eigenvalue weighted by molar-refractivity contribution is 6.05. The SMILES string of the molecule is Cc1ccc2[nH]nc(C(=O)NNC(=O)COc3ccc(C)c(C)c3)c2c1. The standard InChI is InChI=1S/C19H20N4O3/c1-11-4-7-16-15(8-11)18(22-20-16)19(25)23-21-17(24)10-26-14-6-5-12(2)13(3)9-14/h4-9H,10H2,1-3H3,(H,20,22)(H,21,24)(H,23,25). The number of hydrogen-bond acceptors (Lipinski definition) is 4. The van der Waals surface area contributed by atoms with Crippen LogP contribution in [0, 0.1) is 20.8 Å². The molecule has 0 bridgehead atoms. The van der Waals surface area contributed by atoms with Gasteiger partial charge in [0, 0.05) is 5.39 Å². The number of hydrazine groups is 1. The molecule has 0 atom stereocenters. The highest BCUT2D eigenvalue weighted by Gasteiger charge is 2.15. The van der Waals surface area contributed by atoms with Crippen molar-refractivity contribution in [3.05, 3.63) is 58.8 Å². The van der Waals surface area contributed by atoms with E-state index in [1.54, 1.807) is 6.07 Å². The molecule has 2 amide bonds. The number of benzene rings is 2. The molecule has 26 heavy (non-hydrogen) atoms. The molecule has 0 radical (unpaired) electrons. The molecule has 0 aliphatic carbocycles. The van der Waals surface area contributed by atoms with E-state index in [0.29, 0.717) is 11.1 Å². The summed E-state index contributed by atoms with van der Waals surface area (Å²) in [6.45, 7) is 5.70. The van der Waals surface area contributed by atoms with Gasteiger partial charge in [-0.1, -0.05) is 17.7 Å². The van der Waals surface area contributed by atoms with Crippen molar-refractivity contribution in [1.82, 2.24) is 21.0 Å². The van der Waals surface area contributed by atoms with E-state index in [9.17, 15) is 9.59 Å². The number of hydrogen-bond donors (Lipinski definition) is 3. The van der Waals surface area contributed by atoms with Gasteiger partial charge in [0.25, 0.3) is 11.8 Å². The van der Waals surface area contributed by atoms with Crippen molar-refractivity contribution >= 4 is 22.7 Å². The largest absolute Gasteiger partial charge is 0.484 e. The minimum absolute atomic E-state index is 0.205. The molecule has 1 aromatic heterocycles. The second kappa shape index (κ2) is 7.26. The summed E-state index contributed by atoms with van der Waals surface area (Å²) in [5.74, 6) is -0.364. The Balaban J connectivity index is 1.55. The fraction of sp³-hybridized carbons (Fsp3) is 0.211. The van der Waals surface area contributed by atoms with Gasteiger partial charge in [0.15, 0.2) is 12.3 Å². The molecule has 7 heteroatoms. The zero-order valence-electron chi connectivity index (χ0n) is 14.8. The maximum atomic E-state index is 12.2. The normalized spacial score (nSPS) is 10.6. The van der Waals surface area contributed by atoms with Crippen molar-refractivity contribution in [2.45, 2.75) is 20.8 Å². The molecule has 134 valence electrons. The minimum Gasteiger partial charge on any atom is -0.484 e. The van der Waals surface area contributed by atoms with Crippen LogP contribution in [-0.2, 0) is 4.79 Å². The summed E-state index contributed by atoms with van der Waals surface area (Å²) in [5, 5.41) is 7.50. The minimum atomic E-state index is -0.499. The van der Waals surface area contributed by atoms with E-state index in [4.69, 9.17) is 4.74 Å². The summed E-state index contributed by atoms with van der Waals surface area (Å²) in [4.78, 5) is 24.1. The molecule has 1 heterocycles. The van der Waals surface area contributed by atoms with E-state index in [-0.39, 0.29) is 12.3 Å². The summed E-state index contributed by atoms with van der Waals surface area (Å²) in [7, 11) is 0. The number of aromatic nitrogens is 2. The summed E-state index contributed by atoms with van der Waals surface area (Å²) < 4.78 is 5.43. The fourth-order valence-corrected chi connectivity index (χ4v) is 2.48. The van der Waals surface area contributed by atoms with Crippen molar-refractivity contribution < 1.29 is 14.3 Å². The van der Waals surface area contributed by atoms with Crippen LogP contribution in [0.5, 0.6) is 5.75 Å². The molecule has 3 rings (SSSR count). The Hall–Kier alpha value is -3.35. The van der Waals surface area contributed by atoms with Crippen molar-refractivity contribution in [1.29, 1.82) is 0 Å². The lowest BCUT2D eigenvalue weighted by atomic mass is 10.1. The van der Waals surface area contributed by atoms with Gasteiger partial charge in [0.05, 0.1) is 5.52 Å². The first kappa shape index (κ1) is 17.5. The molecule has 0 fully saturated rings. The van der Waals surface area contributed by atoms with E-state index in [1.165, 1.54) is 0 Å². The number of carbonyl (C=O) groups excluding carboxylic acids is 2. The van der Waals surface area contributed by atoms with Crippen LogP contribution in [-0.4, -0.2) is 28.6 Å². The van der Waals surface area contributed by atoms with Gasteiger partial charge in [-0.15, -0.1) is 0 Å². The Bertz CT molecular complexity index is 978. The van der Waals surface area contributed by atoms with Gasteiger partial charge in [-0.2, -0.15) is 5.10 Å². The summed E-state index contributed by atoms with van der Waals surface area (Å²) in [5.41, 5.74) is 8.90. The van der Waals surface area contributed by atoms with Gasteiger partial charge in [-0.25, -0.2) is 0 Å². The number of rotatable bonds is 4. The molecule has 3 aromatic rings. The Labute approximate surface area is 150 Å². The smallest absolute Gasteiger partial charge is 0.290 e. The third-order valence-electron chi connectivity index (χ3n) is 4.10. The van der Waals surface area contributed by atoms with Gasteiger partial charge in [-0.05, 0) is 56.2 Å². The third-order valence-corrected chi connectivity index (χ3v) is 4.10. The number of nitrogens with zero attached hydrogens (tertiary/aromatic N) is 1. The van der Waals surface area contributed by atoms with Crippen molar-refractivity contribution in [3.8, 4) is 5.75 Å². The van der Waals surface area contributed by atoms with E-state index in [2.05, 4.69) is 21.0 Å². The van der Waals surface area contributed by atoms with Crippen LogP contribution < -0.4 is 15.6 Å². The molecule has 2 aromatic carbocycles. The Morgan fingerprint density at radius 1 is 1.04 bits per heavy atom. The monoisotopic (exact) mass is 352 g/mol. The van der Waals surface area contributed by atoms with Crippen LogP contribution >= 0.6 is 0 Å². The van der Waals surface area contributed by atoms with Crippen molar-refractivity contribution in [2.75, 3.05) is 6.61 Å². The molecular weight excluding hydrogens is 332 g/mol. The Morgan fingerprint density at radius 2 is 1.85 bits per heavy atom. The number of carbonyl (C=O) groups is 2. The second-order valence-electron chi connectivity index (χ2n) is 6.16. The predicted molar refractivity (Wildman–Crippen MR) is 97.9 cm³/mol. The van der Waals surface area contributed by atoms with Gasteiger partial charge in [-0.3, -0.25) is 25.5 Å². The van der Waals surface area contributed by atoms with Gasteiger partial charge < -0.3 is 4.74 Å². The highest BCUT2D eigenvalue weighted by Crippen LogP contribution is 2.17. The predicted octanol–water partition coefficient (Wildman–Crippen LogP) is 2.33. The lowest BCUT2D eigenvalue weighted by Gasteiger charge is -2.09. The molecule has 0 unspecified atom stereocenters. The second-order valence-corrected chi connectivity index (χ2v) is 6.16. The van der Waals surface area contributed by atoms with Crippen LogP contribution in [0.4, 0.5) is 0 Å². The average molecular weight is 352 g/mol. The molecular formula is C19H20N4O3. The van der Waals surface area contributed by atoms with E-state index in [0.717, 1.165) is 22.2 Å². The molecule has 0 spiro atoms. The highest BCUT2D eigenvalue weighted by atomic mass is 16.5. The number of fused-ring (bicyclic) bond motifs is 1. The van der Waals surface area contributed by atoms with Gasteiger partial charge >= 0.3 is 0 Å². The summed E-state index contributed by atoms with van der Waals surface area (Å²) in [6, 6.07) is 11.2. The van der Waals surface area contributed by atoms with E-state index >= 15 is 0 Å². The van der Waals surface area contributed by atoms with Crippen LogP contribution in [0.25, 0.3) is 10.9 Å². The topological polar surface area (TPSA) is 96.1 Å². The maximum absolute atomic E-state index is 12.2. The molecule has 0 aliphatic rings. The molecule has 3 N–H and O–H groups in total. The average Bonchev–Trinajstić information content (AvgIpc) is 3.03. The molecule has 0 saturated heterocycles. The van der Waals surface area contributed by atoms with E-state index < -0.39 is 11.8 Å². The number of ether oxygens (including phenoxy) is 1. The maximum Gasteiger partial charge on any atom is 0.290 e. The Morgan fingerprint density at radius 3 is 2.62 bits per heavy atom. The third kappa shape index (κ3) is 3.83. The zero-order valence-corrected chi connectivity index (χ0v) is 14.8. The van der Waals surface area contributed by atoms with Crippen LogP contribution in [0.2, 0.25) is 0 Å². The summed E-state index contributed by atoms with van der Waals surface area (Å²) >= 11 is 0. The van der Waals surface area contributed by atoms with Crippen molar-refractivity contribution in [2.24, 2.45) is 0 Å². The Kier molecular flexibility index (Phi) is 4.88. The zero-order chi connectivity index (χ0) is 18.7. The molecule has 0 aliphatic heterocycles. The van der Waals surface area contributed by atoms with E-state index in [1.807, 2.05) is 51.1 Å². The number of nitrogens with one attached hydrogen (secondary N) is 3. The first-order chi connectivity index (χ1) is 12.4. The lowest BCUT2D eigenvalue weighted by molar-refractivity contribution is -0.123. The number of aryl methyl sites for hydroxylation is 3. The first-order valence-electron chi connectivity index (χ1n) is 8.18. The van der Waals surface area contributed by atoms with Crippen LogP contribution in [0.3, 0.4) is 0 Å². The number of aromatic amines is 1. The van der Waals surface area contributed by atoms with Crippen molar-refractivity contribution in [3.63, 3.8) is 0 Å². The van der Waals surface area contributed by atoms with Gasteiger partial charge in [0.1, 0.15) is 5.75 Å². The quantitative estimate of drug-likeness (QED) is 0.628. The number of amides is 2. The summed E-state index contributed by atoms with van der Waals surface area (Å²) in [6.07, 6.45) is 0. The molecule has 7 nitrogen and oxygen atoms in total. The number of H-pyrrole nitrogens is 1. The lowest BCUT2D eigenvalue weighted by Crippen LogP contribution is -2.44. The fourth-order valence-electron chi connectivity index (χ4n) is 2.48. The first-order valence-corrected chi connectivity index (χ1v) is 8.18.